The van der Waals surface area contributed by atoms with Gasteiger partial charge in [0.15, 0.2) is 11.6 Å². The summed E-state index contributed by atoms with van der Waals surface area (Å²) in [5.74, 6) is -1.04. The van der Waals surface area contributed by atoms with E-state index in [0.717, 1.165) is 5.56 Å². The molecular formula is C18H11Br2F2NO2S. The lowest BCUT2D eigenvalue weighted by atomic mass is 10.3. The predicted octanol–water partition coefficient (Wildman–Crippen LogP) is 6.38. The van der Waals surface area contributed by atoms with Crippen LogP contribution < -0.4 is 10.1 Å². The number of halogens is 4. The first kappa shape index (κ1) is 19.0. The highest BCUT2D eigenvalue weighted by Gasteiger charge is 2.15. The molecule has 0 fully saturated rings. The molecular weight excluding hydrogens is 492 g/mol. The Kier molecular flexibility index (Phi) is 6.05. The second-order valence-electron chi connectivity index (χ2n) is 5.24. The van der Waals surface area contributed by atoms with Crippen molar-refractivity contribution in [2.75, 3.05) is 5.32 Å². The van der Waals surface area contributed by atoms with Crippen LogP contribution in [0.3, 0.4) is 0 Å². The average Bonchev–Trinajstić information content (AvgIpc) is 3.06. The van der Waals surface area contributed by atoms with Crippen molar-refractivity contribution < 1.29 is 18.3 Å². The maximum atomic E-state index is 13.6. The molecule has 0 radical (unpaired) electrons. The highest BCUT2D eigenvalue weighted by molar-refractivity contribution is 9.11. The van der Waals surface area contributed by atoms with Crippen LogP contribution in [0.2, 0.25) is 0 Å². The molecule has 0 saturated carbocycles. The zero-order valence-corrected chi connectivity index (χ0v) is 17.1. The summed E-state index contributed by atoms with van der Waals surface area (Å²) in [6.07, 6.45) is 0. The number of rotatable bonds is 5. The smallest absolute Gasteiger partial charge is 0.265 e. The number of carbonyl (C=O) groups excluding carboxylic acids is 1. The molecule has 3 rings (SSSR count). The third-order valence-corrected chi connectivity index (χ3v) is 5.58. The van der Waals surface area contributed by atoms with Crippen molar-refractivity contribution >= 4 is 54.8 Å². The van der Waals surface area contributed by atoms with Crippen LogP contribution in [0.25, 0.3) is 0 Å². The third-order valence-electron chi connectivity index (χ3n) is 3.35. The quantitative estimate of drug-likeness (QED) is 0.439. The number of hydrogen-bond acceptors (Lipinski definition) is 3. The first-order chi connectivity index (χ1) is 12.4. The zero-order chi connectivity index (χ0) is 18.7. The highest BCUT2D eigenvalue weighted by atomic mass is 79.9. The molecule has 134 valence electrons. The first-order valence-electron chi connectivity index (χ1n) is 7.34. The fraction of sp³-hybridized carbons (Fsp3) is 0.0556. The van der Waals surface area contributed by atoms with Gasteiger partial charge in [-0.3, -0.25) is 4.79 Å². The maximum Gasteiger partial charge on any atom is 0.265 e. The summed E-state index contributed by atoms with van der Waals surface area (Å²) in [7, 11) is 0. The van der Waals surface area contributed by atoms with Crippen molar-refractivity contribution in [2.24, 2.45) is 0 Å². The SMILES string of the molecule is O=C(Nc1c(Br)cc(F)cc1Br)c1cc(COc2ccccc2F)cs1. The van der Waals surface area contributed by atoms with Gasteiger partial charge in [-0.2, -0.15) is 0 Å². The third kappa shape index (κ3) is 4.49. The van der Waals surface area contributed by atoms with Gasteiger partial charge >= 0.3 is 0 Å². The minimum absolute atomic E-state index is 0.147. The highest BCUT2D eigenvalue weighted by Crippen LogP contribution is 2.32. The topological polar surface area (TPSA) is 38.3 Å². The molecule has 0 aliphatic carbocycles. The van der Waals surface area contributed by atoms with Gasteiger partial charge in [0.25, 0.3) is 5.91 Å². The van der Waals surface area contributed by atoms with E-state index in [1.54, 1.807) is 29.6 Å². The molecule has 0 aliphatic heterocycles. The van der Waals surface area contributed by atoms with Crippen LogP contribution >= 0.6 is 43.2 Å². The van der Waals surface area contributed by atoms with Crippen molar-refractivity contribution in [1.29, 1.82) is 0 Å². The lowest BCUT2D eigenvalue weighted by Crippen LogP contribution is -2.11. The molecule has 2 aromatic carbocycles. The number of hydrogen-bond donors (Lipinski definition) is 1. The molecule has 0 bridgehead atoms. The Hall–Kier alpha value is -1.77. The molecule has 3 nitrogen and oxygen atoms in total. The van der Waals surface area contributed by atoms with Crippen molar-refractivity contribution in [2.45, 2.75) is 6.61 Å². The van der Waals surface area contributed by atoms with Crippen molar-refractivity contribution in [1.82, 2.24) is 0 Å². The molecule has 3 aromatic rings. The lowest BCUT2D eigenvalue weighted by Gasteiger charge is -2.09. The summed E-state index contributed by atoms with van der Waals surface area (Å²) < 4.78 is 33.1. The predicted molar refractivity (Wildman–Crippen MR) is 105 cm³/mol. The Morgan fingerprint density at radius 3 is 2.50 bits per heavy atom. The van der Waals surface area contributed by atoms with Crippen LogP contribution in [0.15, 0.2) is 56.8 Å². The summed E-state index contributed by atoms with van der Waals surface area (Å²) >= 11 is 7.69. The van der Waals surface area contributed by atoms with Crippen molar-refractivity contribution in [3.05, 3.63) is 78.9 Å². The number of para-hydroxylation sites is 1. The van der Waals surface area contributed by atoms with E-state index < -0.39 is 11.6 Å². The van der Waals surface area contributed by atoms with E-state index in [1.165, 1.54) is 29.5 Å². The van der Waals surface area contributed by atoms with Crippen LogP contribution in [0.1, 0.15) is 15.2 Å². The van der Waals surface area contributed by atoms with Crippen LogP contribution in [0.4, 0.5) is 14.5 Å². The van der Waals surface area contributed by atoms with E-state index >= 15 is 0 Å². The second-order valence-corrected chi connectivity index (χ2v) is 7.86. The van der Waals surface area contributed by atoms with Gasteiger partial charge in [0.1, 0.15) is 12.4 Å². The Morgan fingerprint density at radius 1 is 1.12 bits per heavy atom. The minimum atomic E-state index is -0.438. The fourth-order valence-corrected chi connectivity index (χ4v) is 4.25. The standard InChI is InChI=1S/C18H11Br2F2NO2S/c19-12-6-11(21)7-13(20)17(12)23-18(24)16-5-10(9-26-16)8-25-15-4-2-1-3-14(15)22/h1-7,9H,8H2,(H,23,24). The number of carbonyl (C=O) groups is 1. The Balaban J connectivity index is 1.68. The molecule has 0 aliphatic rings. The van der Waals surface area contributed by atoms with E-state index in [1.807, 2.05) is 0 Å². The zero-order valence-electron chi connectivity index (χ0n) is 13.1. The average molecular weight is 503 g/mol. The monoisotopic (exact) mass is 501 g/mol. The Bertz CT molecular complexity index is 939. The first-order valence-corrected chi connectivity index (χ1v) is 9.81. The molecule has 1 amide bonds. The maximum absolute atomic E-state index is 13.6. The van der Waals surface area contributed by atoms with Crippen LogP contribution in [-0.4, -0.2) is 5.91 Å². The number of benzene rings is 2. The van der Waals surface area contributed by atoms with E-state index in [-0.39, 0.29) is 18.3 Å². The fourth-order valence-electron chi connectivity index (χ4n) is 2.13. The number of amides is 1. The van der Waals surface area contributed by atoms with E-state index in [9.17, 15) is 13.6 Å². The van der Waals surface area contributed by atoms with Gasteiger partial charge in [0.2, 0.25) is 0 Å². The lowest BCUT2D eigenvalue weighted by molar-refractivity contribution is 0.103. The summed E-state index contributed by atoms with van der Waals surface area (Å²) in [4.78, 5) is 12.9. The van der Waals surface area contributed by atoms with Gasteiger partial charge in [0, 0.05) is 14.5 Å². The van der Waals surface area contributed by atoms with Gasteiger partial charge < -0.3 is 10.1 Å². The van der Waals surface area contributed by atoms with Gasteiger partial charge in [-0.1, -0.05) is 12.1 Å². The number of thiophene rings is 1. The van der Waals surface area contributed by atoms with E-state index in [4.69, 9.17) is 4.74 Å². The molecule has 0 atom stereocenters. The molecule has 0 saturated heterocycles. The second kappa shape index (κ2) is 8.28. The van der Waals surface area contributed by atoms with E-state index in [2.05, 4.69) is 37.2 Å². The Morgan fingerprint density at radius 2 is 1.81 bits per heavy atom. The molecule has 26 heavy (non-hydrogen) atoms. The Labute approximate surface area is 169 Å². The van der Waals surface area contributed by atoms with Gasteiger partial charge in [-0.15, -0.1) is 11.3 Å². The molecule has 1 aromatic heterocycles. The van der Waals surface area contributed by atoms with Crippen LogP contribution in [0.5, 0.6) is 5.75 Å². The molecule has 0 unspecified atom stereocenters. The molecule has 0 spiro atoms. The van der Waals surface area contributed by atoms with Crippen molar-refractivity contribution in [3.63, 3.8) is 0 Å². The van der Waals surface area contributed by atoms with Gasteiger partial charge in [-0.25, -0.2) is 8.78 Å². The van der Waals surface area contributed by atoms with E-state index in [0.29, 0.717) is 19.5 Å². The normalized spacial score (nSPS) is 10.6. The van der Waals surface area contributed by atoms with Gasteiger partial charge in [-0.05, 0) is 67.6 Å². The minimum Gasteiger partial charge on any atom is -0.486 e. The van der Waals surface area contributed by atoms with Crippen LogP contribution in [-0.2, 0) is 6.61 Å². The molecule has 1 N–H and O–H groups in total. The summed E-state index contributed by atoms with van der Waals surface area (Å²) in [6, 6.07) is 10.3. The molecule has 8 heteroatoms. The number of anilines is 1. The van der Waals surface area contributed by atoms with Crippen molar-refractivity contribution in [3.8, 4) is 5.75 Å². The van der Waals surface area contributed by atoms with Crippen LogP contribution in [0, 0.1) is 11.6 Å². The van der Waals surface area contributed by atoms with Gasteiger partial charge in [0.05, 0.1) is 10.6 Å². The molecule has 1 heterocycles. The summed E-state index contributed by atoms with van der Waals surface area (Å²) in [5.41, 5.74) is 1.19. The summed E-state index contributed by atoms with van der Waals surface area (Å²) in [6.45, 7) is 0.147. The number of nitrogens with one attached hydrogen (secondary N) is 1. The largest absolute Gasteiger partial charge is 0.486 e. The summed E-state index contributed by atoms with van der Waals surface area (Å²) in [5, 5.41) is 4.50. The number of ether oxygens (including phenoxy) is 1.